The Morgan fingerprint density at radius 1 is 1.59 bits per heavy atom. The molecule has 6 nitrogen and oxygen atoms in total. The molecular formula is C9H13ClN4O2S. The maximum atomic E-state index is 10.9. The van der Waals surface area contributed by atoms with E-state index < -0.39 is 10.2 Å². The summed E-state index contributed by atoms with van der Waals surface area (Å²) < 4.78 is 24.2. The summed E-state index contributed by atoms with van der Waals surface area (Å²) in [7, 11) is -3.65. The fraction of sp³-hybridized carbons (Fsp3) is 0.444. The smallest absolute Gasteiger partial charge is 0.274 e. The van der Waals surface area contributed by atoms with Crippen molar-refractivity contribution in [2.45, 2.75) is 12.5 Å². The molecule has 0 amide bonds. The second-order valence-electron chi connectivity index (χ2n) is 3.90. The van der Waals surface area contributed by atoms with Gasteiger partial charge in [-0.15, -0.1) is 0 Å². The van der Waals surface area contributed by atoms with Crippen molar-refractivity contribution in [3.05, 3.63) is 23.4 Å². The average molecular weight is 277 g/mol. The Labute approximate surface area is 105 Å². The third kappa shape index (κ3) is 3.29. The van der Waals surface area contributed by atoms with Crippen LogP contribution in [0.3, 0.4) is 0 Å². The van der Waals surface area contributed by atoms with Gasteiger partial charge in [-0.05, 0) is 18.6 Å². The zero-order chi connectivity index (χ0) is 12.5. The first-order valence-electron chi connectivity index (χ1n) is 5.11. The molecular weight excluding hydrogens is 264 g/mol. The zero-order valence-corrected chi connectivity index (χ0v) is 10.6. The molecule has 0 spiro atoms. The second kappa shape index (κ2) is 4.77. The number of pyridine rings is 1. The highest BCUT2D eigenvalue weighted by Gasteiger charge is 2.26. The van der Waals surface area contributed by atoms with Gasteiger partial charge in [0.2, 0.25) is 0 Å². The number of nitrogens with two attached hydrogens (primary N) is 1. The second-order valence-corrected chi connectivity index (χ2v) is 5.64. The van der Waals surface area contributed by atoms with Crippen molar-refractivity contribution in [2.75, 3.05) is 18.0 Å². The minimum atomic E-state index is -3.65. The van der Waals surface area contributed by atoms with E-state index in [2.05, 4.69) is 9.71 Å². The van der Waals surface area contributed by atoms with Crippen LogP contribution < -0.4 is 14.8 Å². The van der Waals surface area contributed by atoms with E-state index in [1.54, 1.807) is 18.3 Å². The van der Waals surface area contributed by atoms with Gasteiger partial charge in [0, 0.05) is 25.3 Å². The van der Waals surface area contributed by atoms with Gasteiger partial charge in [0.25, 0.3) is 10.2 Å². The fourth-order valence-corrected chi connectivity index (χ4v) is 2.79. The van der Waals surface area contributed by atoms with E-state index >= 15 is 0 Å². The highest BCUT2D eigenvalue weighted by atomic mass is 35.5. The molecule has 94 valence electrons. The Balaban J connectivity index is 2.06. The van der Waals surface area contributed by atoms with Crippen LogP contribution in [-0.4, -0.2) is 32.5 Å². The molecule has 1 aliphatic heterocycles. The molecule has 2 heterocycles. The van der Waals surface area contributed by atoms with Crippen LogP contribution in [0.1, 0.15) is 6.42 Å². The van der Waals surface area contributed by atoms with Crippen molar-refractivity contribution in [3.63, 3.8) is 0 Å². The molecule has 0 saturated carbocycles. The molecule has 0 unspecified atom stereocenters. The molecule has 1 fully saturated rings. The molecule has 0 bridgehead atoms. The van der Waals surface area contributed by atoms with E-state index in [-0.39, 0.29) is 6.04 Å². The molecule has 8 heteroatoms. The zero-order valence-electron chi connectivity index (χ0n) is 9.01. The Morgan fingerprint density at radius 3 is 3.00 bits per heavy atom. The van der Waals surface area contributed by atoms with Crippen molar-refractivity contribution in [1.29, 1.82) is 0 Å². The lowest BCUT2D eigenvalue weighted by Gasteiger charge is -2.18. The number of nitrogens with zero attached hydrogens (tertiary/aromatic N) is 2. The van der Waals surface area contributed by atoms with E-state index in [1.165, 1.54) is 0 Å². The number of hydrogen-bond donors (Lipinski definition) is 2. The molecule has 1 aliphatic rings. The van der Waals surface area contributed by atoms with Crippen LogP contribution >= 0.6 is 11.6 Å². The quantitative estimate of drug-likeness (QED) is 0.820. The number of nitrogens with one attached hydrogen (secondary N) is 1. The number of anilines is 1. The Kier molecular flexibility index (Phi) is 3.53. The summed E-state index contributed by atoms with van der Waals surface area (Å²) in [5.41, 5.74) is 0. The van der Waals surface area contributed by atoms with Gasteiger partial charge in [0.05, 0.1) is 5.02 Å². The third-order valence-corrected chi connectivity index (χ3v) is 3.51. The normalized spacial score (nSPS) is 20.8. The molecule has 3 N–H and O–H groups in total. The molecule has 2 rings (SSSR count). The van der Waals surface area contributed by atoms with Gasteiger partial charge < -0.3 is 4.90 Å². The summed E-state index contributed by atoms with van der Waals surface area (Å²) in [5.74, 6) is 0.674. The van der Waals surface area contributed by atoms with E-state index in [1.807, 2.05) is 4.90 Å². The summed E-state index contributed by atoms with van der Waals surface area (Å²) >= 11 is 6.02. The molecule has 0 aromatic carbocycles. The van der Waals surface area contributed by atoms with E-state index in [9.17, 15) is 8.42 Å². The van der Waals surface area contributed by atoms with Crippen LogP contribution in [0.2, 0.25) is 5.02 Å². The summed E-state index contributed by atoms with van der Waals surface area (Å²) in [4.78, 5) is 6.11. The maximum Gasteiger partial charge on any atom is 0.274 e. The number of rotatable bonds is 3. The molecule has 1 aromatic heterocycles. The molecule has 17 heavy (non-hydrogen) atoms. The van der Waals surface area contributed by atoms with Crippen LogP contribution in [0.4, 0.5) is 5.82 Å². The predicted molar refractivity (Wildman–Crippen MR) is 66.1 cm³/mol. The molecule has 0 radical (unpaired) electrons. The number of halogens is 1. The maximum absolute atomic E-state index is 10.9. The van der Waals surface area contributed by atoms with Gasteiger partial charge in [-0.1, -0.05) is 11.6 Å². The van der Waals surface area contributed by atoms with Crippen molar-refractivity contribution in [1.82, 2.24) is 9.71 Å². The van der Waals surface area contributed by atoms with Crippen molar-refractivity contribution in [2.24, 2.45) is 5.14 Å². The van der Waals surface area contributed by atoms with Crippen LogP contribution in [0.15, 0.2) is 18.3 Å². The molecule has 1 saturated heterocycles. The predicted octanol–water partition coefficient (Wildman–Crippen LogP) is 0.107. The average Bonchev–Trinajstić information content (AvgIpc) is 2.64. The number of aromatic nitrogens is 1. The summed E-state index contributed by atoms with van der Waals surface area (Å²) in [6, 6.07) is 3.31. The van der Waals surface area contributed by atoms with Crippen molar-refractivity contribution in [3.8, 4) is 0 Å². The van der Waals surface area contributed by atoms with Crippen LogP contribution in [0.25, 0.3) is 0 Å². The lowest BCUT2D eigenvalue weighted by atomic mass is 10.3. The van der Waals surface area contributed by atoms with Gasteiger partial charge >= 0.3 is 0 Å². The number of hydrogen-bond acceptors (Lipinski definition) is 4. The fourth-order valence-electron chi connectivity index (χ4n) is 1.89. The molecule has 1 atom stereocenters. The van der Waals surface area contributed by atoms with E-state index in [0.29, 0.717) is 30.4 Å². The Morgan fingerprint density at radius 2 is 2.35 bits per heavy atom. The standard InChI is InChI=1S/C9H13ClN4O2S/c10-8-2-1-4-12-9(8)14-5-3-7(6-14)13-17(11,15)16/h1-2,4,7,13H,3,5-6H2,(H2,11,15,16)/t7-/m1/s1. The topological polar surface area (TPSA) is 88.3 Å². The first-order valence-corrected chi connectivity index (χ1v) is 7.03. The summed E-state index contributed by atoms with van der Waals surface area (Å²) in [6.45, 7) is 1.22. The Hall–Kier alpha value is -0.890. The van der Waals surface area contributed by atoms with Crippen molar-refractivity contribution < 1.29 is 8.42 Å². The van der Waals surface area contributed by atoms with Gasteiger partial charge in [-0.3, -0.25) is 0 Å². The SMILES string of the molecule is NS(=O)(=O)N[C@@H]1CCN(c2ncccc2Cl)C1. The minimum Gasteiger partial charge on any atom is -0.354 e. The summed E-state index contributed by atoms with van der Waals surface area (Å²) in [6.07, 6.45) is 2.34. The monoisotopic (exact) mass is 276 g/mol. The van der Waals surface area contributed by atoms with Gasteiger partial charge in [0.15, 0.2) is 0 Å². The van der Waals surface area contributed by atoms with E-state index in [0.717, 1.165) is 0 Å². The highest BCUT2D eigenvalue weighted by molar-refractivity contribution is 7.87. The van der Waals surface area contributed by atoms with Gasteiger partial charge in [0.1, 0.15) is 5.82 Å². The van der Waals surface area contributed by atoms with Crippen LogP contribution in [0.5, 0.6) is 0 Å². The lowest BCUT2D eigenvalue weighted by Crippen LogP contribution is -2.41. The van der Waals surface area contributed by atoms with Crippen LogP contribution in [-0.2, 0) is 10.2 Å². The first kappa shape index (κ1) is 12.6. The first-order chi connectivity index (χ1) is 7.96. The molecule has 0 aliphatic carbocycles. The highest BCUT2D eigenvalue weighted by Crippen LogP contribution is 2.25. The lowest BCUT2D eigenvalue weighted by molar-refractivity contribution is 0.563. The molecule has 1 aromatic rings. The van der Waals surface area contributed by atoms with E-state index in [4.69, 9.17) is 16.7 Å². The summed E-state index contributed by atoms with van der Waals surface area (Å²) in [5, 5.41) is 5.49. The van der Waals surface area contributed by atoms with Crippen LogP contribution in [0, 0.1) is 0 Å². The minimum absolute atomic E-state index is 0.192. The van der Waals surface area contributed by atoms with Crippen molar-refractivity contribution >= 4 is 27.6 Å². The largest absolute Gasteiger partial charge is 0.354 e. The van der Waals surface area contributed by atoms with Gasteiger partial charge in [-0.2, -0.15) is 13.1 Å². The van der Waals surface area contributed by atoms with Gasteiger partial charge in [-0.25, -0.2) is 10.1 Å². The Bertz CT molecular complexity index is 507. The third-order valence-electron chi connectivity index (χ3n) is 2.56.